The summed E-state index contributed by atoms with van der Waals surface area (Å²) < 4.78 is 10.1. The van der Waals surface area contributed by atoms with Crippen molar-refractivity contribution < 1.29 is 18.7 Å². The summed E-state index contributed by atoms with van der Waals surface area (Å²) in [6.45, 7) is 9.76. The lowest BCUT2D eigenvalue weighted by Crippen LogP contribution is -2.75. The third kappa shape index (κ3) is 5.02. The number of carbonyl (C=O) groups excluding carboxylic acids is 1. The van der Waals surface area contributed by atoms with Gasteiger partial charge in [-0.05, 0) is 68.4 Å². The molecule has 0 radical (unpaired) electrons. The maximum absolute atomic E-state index is 12.8. The van der Waals surface area contributed by atoms with Crippen LogP contribution >= 0.6 is 0 Å². The Kier molecular flexibility index (Phi) is 8.48. The zero-order valence-corrected chi connectivity index (χ0v) is 25.3. The van der Waals surface area contributed by atoms with E-state index in [4.69, 9.17) is 9.72 Å². The van der Waals surface area contributed by atoms with E-state index < -0.39 is 0 Å². The molecule has 0 aromatic carbocycles. The molecule has 0 saturated carbocycles. The molecule has 41 heavy (non-hydrogen) atoms. The Morgan fingerprint density at radius 1 is 1.00 bits per heavy atom. The Bertz CT molecular complexity index is 1410. The fourth-order valence-corrected chi connectivity index (χ4v) is 7.13. The molecule has 5 rings (SSSR count). The summed E-state index contributed by atoms with van der Waals surface area (Å²) in [6, 6.07) is 16.5. The lowest BCUT2D eigenvalue weighted by atomic mass is 9.38. The van der Waals surface area contributed by atoms with Crippen LogP contribution < -0.4 is 18.8 Å². The molecule has 0 fully saturated rings. The van der Waals surface area contributed by atoms with E-state index >= 15 is 0 Å². The molecule has 7 nitrogen and oxygen atoms in total. The molecule has 214 valence electrons. The molecule has 2 aliphatic heterocycles. The van der Waals surface area contributed by atoms with E-state index in [9.17, 15) is 4.79 Å². The van der Waals surface area contributed by atoms with Gasteiger partial charge in [0, 0.05) is 30.6 Å². The molecule has 3 aromatic rings. The largest absolute Gasteiger partial charge is 0.517 e. The van der Waals surface area contributed by atoms with Gasteiger partial charge in [0.2, 0.25) is 0 Å². The van der Waals surface area contributed by atoms with Crippen LogP contribution in [0, 0.1) is 0 Å². The van der Waals surface area contributed by atoms with Crippen LogP contribution in [0.3, 0.4) is 0 Å². The smallest absolute Gasteiger partial charge is 0.458 e. The number of aryl methyl sites for hydroxylation is 2. The molecule has 0 aliphatic carbocycles. The van der Waals surface area contributed by atoms with Crippen molar-refractivity contribution in [3.63, 3.8) is 0 Å². The number of fused-ring (bicyclic) bond motifs is 3. The monoisotopic (exact) mass is 553 g/mol. The summed E-state index contributed by atoms with van der Waals surface area (Å²) in [5, 5.41) is -0.138. The number of esters is 1. The Morgan fingerprint density at radius 3 is 2.54 bits per heavy atom. The van der Waals surface area contributed by atoms with E-state index in [2.05, 4.69) is 90.8 Å². The maximum Gasteiger partial charge on any atom is 0.517 e. The number of hydrogen-bond donors (Lipinski definition) is 0. The van der Waals surface area contributed by atoms with E-state index in [1.54, 1.807) is 10.6 Å². The standard InChI is InChI=1S/C33H44BN5O2/c1-6-9-15-27-18-20-35-29(26-27)38-23-24-39-30-17-11-13-22-37(30)33(8-3,32(4,7-2)34(38)39)19-14-25-41-31(40)28-16-10-12-21-36(28)5/h10-13,16-18,20-24,26H,6-9,14-15,19,25H2,1-5H3/q+2. The SMILES string of the molecule is CCCCc1ccnc(N2C=CN3B2C(C)(CC)C(CC)(CCCOC(=O)c2cccc[n+]2C)[n+]2ccccc23)c1. The van der Waals surface area contributed by atoms with Gasteiger partial charge in [0.15, 0.2) is 6.20 Å². The molecule has 2 atom stereocenters. The molecule has 3 aromatic heterocycles. The van der Waals surface area contributed by atoms with Gasteiger partial charge >= 0.3 is 13.0 Å². The van der Waals surface area contributed by atoms with Gasteiger partial charge in [-0.3, -0.25) is 4.81 Å². The lowest BCUT2D eigenvalue weighted by Gasteiger charge is -2.53. The van der Waals surface area contributed by atoms with Crippen molar-refractivity contribution in [2.45, 2.75) is 83.5 Å². The number of ether oxygens (including phenoxy) is 1. The van der Waals surface area contributed by atoms with Crippen LogP contribution in [-0.2, 0) is 23.7 Å². The molecule has 2 unspecified atom stereocenters. The Morgan fingerprint density at radius 2 is 1.78 bits per heavy atom. The number of unbranched alkanes of at least 4 members (excludes halogenated alkanes) is 1. The predicted octanol–water partition coefficient (Wildman–Crippen LogP) is 5.75. The number of hydrogen-bond acceptors (Lipinski definition) is 5. The van der Waals surface area contributed by atoms with Gasteiger partial charge in [0.05, 0.1) is 24.3 Å². The van der Waals surface area contributed by atoms with Crippen molar-refractivity contribution in [2.75, 3.05) is 16.2 Å². The molecule has 0 amide bonds. The van der Waals surface area contributed by atoms with Gasteiger partial charge in [0.25, 0.3) is 11.5 Å². The first-order chi connectivity index (χ1) is 19.9. The topological polar surface area (TPSA) is 53.4 Å². The van der Waals surface area contributed by atoms with Gasteiger partial charge in [-0.15, -0.1) is 0 Å². The van der Waals surface area contributed by atoms with Crippen LogP contribution in [0.2, 0.25) is 5.31 Å². The Balaban J connectivity index is 1.46. The normalized spacial score (nSPS) is 21.1. The van der Waals surface area contributed by atoms with E-state index in [0.717, 1.165) is 37.9 Å². The van der Waals surface area contributed by atoms with E-state index in [-0.39, 0.29) is 23.8 Å². The highest BCUT2D eigenvalue weighted by Crippen LogP contribution is 2.57. The van der Waals surface area contributed by atoms with Gasteiger partial charge < -0.3 is 9.55 Å². The number of anilines is 2. The van der Waals surface area contributed by atoms with Crippen LogP contribution in [0.5, 0.6) is 0 Å². The average molecular weight is 554 g/mol. The van der Waals surface area contributed by atoms with Gasteiger partial charge in [-0.2, -0.15) is 4.57 Å². The van der Waals surface area contributed by atoms with Crippen molar-refractivity contribution in [3.05, 3.63) is 90.8 Å². The fraction of sp³-hybridized carbons (Fsp3) is 0.455. The molecular formula is C33H44BN5O2+2. The molecular weight excluding hydrogens is 509 g/mol. The molecule has 0 spiro atoms. The Labute approximate surface area is 245 Å². The second-order valence-corrected chi connectivity index (χ2v) is 11.6. The van der Waals surface area contributed by atoms with E-state index in [1.165, 1.54) is 24.2 Å². The molecule has 5 heterocycles. The highest BCUT2D eigenvalue weighted by molar-refractivity contribution is 6.72. The van der Waals surface area contributed by atoms with E-state index in [0.29, 0.717) is 12.3 Å². The zero-order chi connectivity index (χ0) is 29.0. The van der Waals surface area contributed by atoms with Crippen molar-refractivity contribution in [3.8, 4) is 0 Å². The minimum Gasteiger partial charge on any atom is -0.458 e. The molecule has 2 aliphatic rings. The molecule has 0 bridgehead atoms. The van der Waals surface area contributed by atoms with Crippen LogP contribution in [0.4, 0.5) is 11.6 Å². The zero-order valence-electron chi connectivity index (χ0n) is 25.3. The van der Waals surface area contributed by atoms with Crippen molar-refractivity contribution in [1.82, 2.24) is 4.98 Å². The summed E-state index contributed by atoms with van der Waals surface area (Å²) in [6.07, 6.45) is 17.5. The first kappa shape index (κ1) is 28.8. The minimum absolute atomic E-state index is 0.0784. The molecule has 8 heteroatoms. The average Bonchev–Trinajstić information content (AvgIpc) is 3.46. The minimum atomic E-state index is -0.278. The number of pyridine rings is 3. The molecule has 0 N–H and O–H groups in total. The fourth-order valence-electron chi connectivity index (χ4n) is 7.13. The predicted molar refractivity (Wildman–Crippen MR) is 163 cm³/mol. The van der Waals surface area contributed by atoms with Gasteiger partial charge in [-0.25, -0.2) is 14.3 Å². The van der Waals surface area contributed by atoms with Crippen molar-refractivity contribution >= 4 is 24.6 Å². The second kappa shape index (κ2) is 12.1. The highest BCUT2D eigenvalue weighted by Gasteiger charge is 2.69. The third-order valence-electron chi connectivity index (χ3n) is 9.56. The first-order valence-electron chi connectivity index (χ1n) is 15.2. The summed E-state index contributed by atoms with van der Waals surface area (Å²) in [5.41, 5.74) is 1.71. The Hall–Kier alpha value is -3.68. The van der Waals surface area contributed by atoms with E-state index in [1.807, 2.05) is 31.6 Å². The highest BCUT2D eigenvalue weighted by atomic mass is 16.5. The van der Waals surface area contributed by atoms with Crippen LogP contribution in [0.1, 0.15) is 82.3 Å². The van der Waals surface area contributed by atoms with Crippen molar-refractivity contribution in [1.29, 1.82) is 0 Å². The number of carbonyl (C=O) groups is 1. The van der Waals surface area contributed by atoms with Crippen LogP contribution in [-0.4, -0.2) is 24.5 Å². The van der Waals surface area contributed by atoms with Gasteiger partial charge in [0.1, 0.15) is 18.4 Å². The number of aromatic nitrogens is 3. The summed E-state index contributed by atoms with van der Waals surface area (Å²) in [5.74, 6) is 1.90. The molecule has 0 saturated heterocycles. The summed E-state index contributed by atoms with van der Waals surface area (Å²) in [7, 11) is 1.87. The number of nitrogens with zero attached hydrogens (tertiary/aromatic N) is 5. The summed E-state index contributed by atoms with van der Waals surface area (Å²) in [4.78, 5) is 22.5. The quantitative estimate of drug-likeness (QED) is 0.131. The number of rotatable bonds is 11. The van der Waals surface area contributed by atoms with Crippen molar-refractivity contribution in [2.24, 2.45) is 7.05 Å². The third-order valence-corrected chi connectivity index (χ3v) is 9.56. The van der Waals surface area contributed by atoms with Crippen LogP contribution in [0.25, 0.3) is 0 Å². The van der Waals surface area contributed by atoms with Crippen LogP contribution in [0.15, 0.2) is 79.5 Å². The second-order valence-electron chi connectivity index (χ2n) is 11.6. The first-order valence-corrected chi connectivity index (χ1v) is 15.2. The van der Waals surface area contributed by atoms with Gasteiger partial charge in [-0.1, -0.05) is 40.2 Å². The summed E-state index contributed by atoms with van der Waals surface area (Å²) >= 11 is 0. The maximum atomic E-state index is 12.8. The lowest BCUT2D eigenvalue weighted by molar-refractivity contribution is -0.763.